The fourth-order valence-electron chi connectivity index (χ4n) is 4.02. The van der Waals surface area contributed by atoms with Crippen LogP contribution in [0.3, 0.4) is 0 Å². The van der Waals surface area contributed by atoms with Gasteiger partial charge in [0.15, 0.2) is 0 Å². The molecule has 1 fully saturated rings. The summed E-state index contributed by atoms with van der Waals surface area (Å²) in [6.45, 7) is 4.00. The molecule has 34 heavy (non-hydrogen) atoms. The van der Waals surface area contributed by atoms with Crippen molar-refractivity contribution in [3.63, 3.8) is 0 Å². The molecule has 178 valence electrons. The standard InChI is InChI=1S/C24H26N4O5S/c1-16-13-22(17(2)28(16)19-7-9-20(33-3)10-8-19)24(30)26-18-5-4-6-21(14-18)34(31,32)27-12-11-25-23(29)15-27/h4-10,13-14H,11-12,15H2,1-3H3,(H,25,29)(H,26,30). The number of benzene rings is 2. The van der Waals surface area contributed by atoms with E-state index in [4.69, 9.17) is 4.74 Å². The molecule has 0 spiro atoms. The zero-order valence-corrected chi connectivity index (χ0v) is 20.0. The predicted octanol–water partition coefficient (Wildman–Crippen LogP) is 2.48. The first kappa shape index (κ1) is 23.5. The Bertz CT molecular complexity index is 1350. The summed E-state index contributed by atoms with van der Waals surface area (Å²) in [5, 5.41) is 5.41. The number of rotatable bonds is 6. The second kappa shape index (κ2) is 9.32. The maximum atomic E-state index is 13.1. The lowest BCUT2D eigenvalue weighted by Gasteiger charge is -2.26. The van der Waals surface area contributed by atoms with E-state index in [-0.39, 0.29) is 36.3 Å². The maximum absolute atomic E-state index is 13.1. The number of nitrogens with one attached hydrogen (secondary N) is 2. The number of anilines is 1. The Morgan fingerprint density at radius 1 is 1.09 bits per heavy atom. The van der Waals surface area contributed by atoms with E-state index in [0.717, 1.165) is 27.1 Å². The van der Waals surface area contributed by atoms with Gasteiger partial charge in [-0.1, -0.05) is 6.07 Å². The quantitative estimate of drug-likeness (QED) is 0.561. The molecule has 1 aliphatic rings. The fraction of sp³-hybridized carbons (Fsp3) is 0.250. The molecule has 0 saturated carbocycles. The van der Waals surface area contributed by atoms with Gasteiger partial charge in [-0.3, -0.25) is 9.59 Å². The number of hydrogen-bond acceptors (Lipinski definition) is 5. The number of aryl methyl sites for hydroxylation is 1. The first-order valence-corrected chi connectivity index (χ1v) is 12.2. The third-order valence-corrected chi connectivity index (χ3v) is 7.58. The Morgan fingerprint density at radius 2 is 1.82 bits per heavy atom. The molecule has 0 bridgehead atoms. The minimum atomic E-state index is -3.86. The average Bonchev–Trinajstić information content (AvgIpc) is 3.13. The van der Waals surface area contributed by atoms with E-state index in [9.17, 15) is 18.0 Å². The van der Waals surface area contributed by atoms with E-state index >= 15 is 0 Å². The summed E-state index contributed by atoms with van der Waals surface area (Å²) in [5.74, 6) is 0.0513. The van der Waals surface area contributed by atoms with Gasteiger partial charge in [-0.05, 0) is 62.4 Å². The van der Waals surface area contributed by atoms with Crippen molar-refractivity contribution in [2.24, 2.45) is 0 Å². The van der Waals surface area contributed by atoms with Crippen LogP contribution in [0.1, 0.15) is 21.7 Å². The molecule has 3 aromatic rings. The van der Waals surface area contributed by atoms with E-state index < -0.39 is 10.0 Å². The van der Waals surface area contributed by atoms with Crippen molar-refractivity contribution in [2.75, 3.05) is 32.1 Å². The largest absolute Gasteiger partial charge is 0.497 e. The van der Waals surface area contributed by atoms with Gasteiger partial charge in [-0.15, -0.1) is 0 Å². The molecule has 9 nitrogen and oxygen atoms in total. The number of nitrogens with zero attached hydrogens (tertiary/aromatic N) is 2. The highest BCUT2D eigenvalue weighted by atomic mass is 32.2. The molecule has 1 aromatic heterocycles. The van der Waals surface area contributed by atoms with Crippen LogP contribution < -0.4 is 15.4 Å². The van der Waals surface area contributed by atoms with Gasteiger partial charge in [0.2, 0.25) is 15.9 Å². The maximum Gasteiger partial charge on any atom is 0.257 e. The molecule has 0 atom stereocenters. The summed E-state index contributed by atoms with van der Waals surface area (Å²) in [5.41, 5.74) is 3.36. The first-order valence-electron chi connectivity index (χ1n) is 10.7. The zero-order chi connectivity index (χ0) is 24.5. The van der Waals surface area contributed by atoms with Crippen LogP contribution in [0.5, 0.6) is 5.75 Å². The third-order valence-electron chi connectivity index (χ3n) is 5.74. The SMILES string of the molecule is COc1ccc(-n2c(C)cc(C(=O)Nc3cccc(S(=O)(=O)N4CCNC(=O)C4)c3)c2C)cc1. The molecular formula is C24H26N4O5S. The topological polar surface area (TPSA) is 110 Å². The average molecular weight is 483 g/mol. The molecule has 10 heteroatoms. The van der Waals surface area contributed by atoms with Crippen LogP contribution in [-0.2, 0) is 14.8 Å². The van der Waals surface area contributed by atoms with Gasteiger partial charge in [-0.25, -0.2) is 8.42 Å². The number of piperazine rings is 1. The Labute approximate surface area is 198 Å². The molecule has 0 radical (unpaired) electrons. The van der Waals surface area contributed by atoms with E-state index in [1.807, 2.05) is 42.7 Å². The minimum Gasteiger partial charge on any atom is -0.497 e. The van der Waals surface area contributed by atoms with Crippen molar-refractivity contribution in [3.8, 4) is 11.4 Å². The van der Waals surface area contributed by atoms with Crippen molar-refractivity contribution >= 4 is 27.5 Å². The first-order chi connectivity index (χ1) is 16.2. The molecular weight excluding hydrogens is 456 g/mol. The summed E-state index contributed by atoms with van der Waals surface area (Å²) in [6, 6.07) is 15.4. The van der Waals surface area contributed by atoms with Crippen LogP contribution >= 0.6 is 0 Å². The summed E-state index contributed by atoms with van der Waals surface area (Å²) in [4.78, 5) is 24.7. The highest BCUT2D eigenvalue weighted by molar-refractivity contribution is 7.89. The number of aromatic nitrogens is 1. The van der Waals surface area contributed by atoms with Crippen molar-refractivity contribution in [3.05, 3.63) is 71.5 Å². The fourth-order valence-corrected chi connectivity index (χ4v) is 5.47. The Balaban J connectivity index is 1.57. The third kappa shape index (κ3) is 4.55. The summed E-state index contributed by atoms with van der Waals surface area (Å²) < 4.78 is 34.2. The minimum absolute atomic E-state index is 0.0173. The van der Waals surface area contributed by atoms with E-state index in [1.54, 1.807) is 25.3 Å². The lowest BCUT2D eigenvalue weighted by molar-refractivity contribution is -0.122. The van der Waals surface area contributed by atoms with Crippen LogP contribution in [0, 0.1) is 13.8 Å². The van der Waals surface area contributed by atoms with Crippen molar-refractivity contribution in [1.29, 1.82) is 0 Å². The normalized spacial score (nSPS) is 14.5. The second-order valence-corrected chi connectivity index (χ2v) is 9.93. The Hall–Kier alpha value is -3.63. The van der Waals surface area contributed by atoms with E-state index in [0.29, 0.717) is 11.3 Å². The summed E-state index contributed by atoms with van der Waals surface area (Å²) in [7, 11) is -2.26. The second-order valence-electron chi connectivity index (χ2n) is 7.99. The predicted molar refractivity (Wildman–Crippen MR) is 128 cm³/mol. The van der Waals surface area contributed by atoms with Gasteiger partial charge in [0.1, 0.15) is 5.75 Å². The monoisotopic (exact) mass is 482 g/mol. The lowest BCUT2D eigenvalue weighted by atomic mass is 10.2. The zero-order valence-electron chi connectivity index (χ0n) is 19.2. The Kier molecular flexibility index (Phi) is 6.45. The van der Waals surface area contributed by atoms with Gasteiger partial charge < -0.3 is 19.9 Å². The van der Waals surface area contributed by atoms with Gasteiger partial charge >= 0.3 is 0 Å². The number of methoxy groups -OCH3 is 1. The molecule has 2 amide bonds. The number of hydrogen-bond donors (Lipinski definition) is 2. The van der Waals surface area contributed by atoms with Crippen molar-refractivity contribution < 1.29 is 22.7 Å². The van der Waals surface area contributed by atoms with Crippen molar-refractivity contribution in [1.82, 2.24) is 14.2 Å². The van der Waals surface area contributed by atoms with E-state index in [1.165, 1.54) is 12.1 Å². The number of sulfonamides is 1. The van der Waals surface area contributed by atoms with Gasteiger partial charge in [0.05, 0.1) is 24.1 Å². The molecule has 2 heterocycles. The smallest absolute Gasteiger partial charge is 0.257 e. The van der Waals surface area contributed by atoms with Crippen molar-refractivity contribution in [2.45, 2.75) is 18.7 Å². The molecule has 0 unspecified atom stereocenters. The molecule has 1 saturated heterocycles. The molecule has 4 rings (SSSR count). The number of amides is 2. The Morgan fingerprint density at radius 3 is 2.50 bits per heavy atom. The highest BCUT2D eigenvalue weighted by Crippen LogP contribution is 2.25. The number of carbonyl (C=O) groups is 2. The van der Waals surface area contributed by atoms with Crippen LogP contribution in [0.2, 0.25) is 0 Å². The molecule has 1 aliphatic heterocycles. The summed E-state index contributed by atoms with van der Waals surface area (Å²) >= 11 is 0. The van der Waals surface area contributed by atoms with Gasteiger partial charge in [0, 0.05) is 35.9 Å². The van der Waals surface area contributed by atoms with Crippen LogP contribution in [0.4, 0.5) is 5.69 Å². The lowest BCUT2D eigenvalue weighted by Crippen LogP contribution is -2.49. The highest BCUT2D eigenvalue weighted by Gasteiger charge is 2.29. The van der Waals surface area contributed by atoms with Crippen LogP contribution in [0.15, 0.2) is 59.5 Å². The molecule has 2 N–H and O–H groups in total. The number of carbonyl (C=O) groups excluding carboxylic acids is 2. The molecule has 0 aliphatic carbocycles. The van der Waals surface area contributed by atoms with E-state index in [2.05, 4.69) is 10.6 Å². The molecule has 2 aromatic carbocycles. The van der Waals surface area contributed by atoms with Crippen LogP contribution in [0.25, 0.3) is 5.69 Å². The summed E-state index contributed by atoms with van der Waals surface area (Å²) in [6.07, 6.45) is 0. The van der Waals surface area contributed by atoms with Gasteiger partial charge in [-0.2, -0.15) is 4.31 Å². The van der Waals surface area contributed by atoms with Gasteiger partial charge in [0.25, 0.3) is 5.91 Å². The van der Waals surface area contributed by atoms with Crippen LogP contribution in [-0.4, -0.2) is 55.8 Å². The number of ether oxygens (including phenoxy) is 1.